The van der Waals surface area contributed by atoms with Gasteiger partial charge in [0.05, 0.1) is 30.8 Å². The van der Waals surface area contributed by atoms with E-state index in [1.54, 1.807) is 24.7 Å². The van der Waals surface area contributed by atoms with Gasteiger partial charge in [0, 0.05) is 47.6 Å². The molecule has 3 saturated heterocycles. The van der Waals surface area contributed by atoms with Crippen LogP contribution in [0.2, 0.25) is 0 Å². The second-order valence-corrected chi connectivity index (χ2v) is 14.1. The minimum absolute atomic E-state index is 0.209. The van der Waals surface area contributed by atoms with E-state index in [4.69, 9.17) is 32.8 Å². The summed E-state index contributed by atoms with van der Waals surface area (Å²) < 4.78 is 42.1. The van der Waals surface area contributed by atoms with Crippen molar-refractivity contribution >= 4 is 23.9 Å². The number of fused-ring (bicyclic) bond motifs is 1. The molecule has 3 aliphatic heterocycles. The number of carbonyl (C=O) groups is 4. The van der Waals surface area contributed by atoms with Crippen LogP contribution in [-0.2, 0) is 47.6 Å². The van der Waals surface area contributed by atoms with Crippen molar-refractivity contribution in [2.75, 3.05) is 7.11 Å². The molecule has 11 nitrogen and oxygen atoms in total. The summed E-state index contributed by atoms with van der Waals surface area (Å²) >= 11 is 0. The largest absolute Gasteiger partial charge is 0.472 e. The molecule has 0 bridgehead atoms. The molecule has 3 aliphatic carbocycles. The van der Waals surface area contributed by atoms with Crippen LogP contribution in [0.5, 0.6) is 0 Å². The van der Waals surface area contributed by atoms with Gasteiger partial charge >= 0.3 is 23.9 Å². The molecule has 3 saturated carbocycles. The minimum atomic E-state index is -1.12. The van der Waals surface area contributed by atoms with E-state index < -0.39 is 87.3 Å². The van der Waals surface area contributed by atoms with Crippen molar-refractivity contribution in [2.24, 2.45) is 28.1 Å². The first-order valence-corrected chi connectivity index (χ1v) is 14.9. The van der Waals surface area contributed by atoms with Gasteiger partial charge in [-0.25, -0.2) is 9.59 Å². The van der Waals surface area contributed by atoms with Crippen LogP contribution >= 0.6 is 0 Å². The zero-order valence-electron chi connectivity index (χ0n) is 25.5. The van der Waals surface area contributed by atoms with Crippen LogP contribution in [-0.4, -0.2) is 66.1 Å². The summed E-state index contributed by atoms with van der Waals surface area (Å²) in [6.07, 6.45) is 4.68. The number of rotatable bonds is 5. The average molecular weight is 599 g/mol. The third-order valence-corrected chi connectivity index (χ3v) is 11.9. The van der Waals surface area contributed by atoms with Crippen LogP contribution in [0, 0.1) is 28.1 Å². The van der Waals surface area contributed by atoms with Crippen molar-refractivity contribution in [2.45, 2.75) is 102 Å². The van der Waals surface area contributed by atoms with E-state index in [1.807, 2.05) is 20.8 Å². The van der Waals surface area contributed by atoms with Gasteiger partial charge in [0.1, 0.15) is 23.9 Å². The van der Waals surface area contributed by atoms with Crippen molar-refractivity contribution in [3.63, 3.8) is 0 Å². The normalized spacial score (nSPS) is 48.0. The summed E-state index contributed by atoms with van der Waals surface area (Å²) in [5.74, 6) is -2.67. The van der Waals surface area contributed by atoms with Crippen molar-refractivity contribution < 1.29 is 52.0 Å². The Morgan fingerprint density at radius 1 is 1.05 bits per heavy atom. The summed E-state index contributed by atoms with van der Waals surface area (Å²) in [7, 11) is 1.32. The number of epoxide rings is 1. The van der Waals surface area contributed by atoms with Crippen LogP contribution in [0.25, 0.3) is 0 Å². The molecular weight excluding hydrogens is 560 g/mol. The molecule has 6 aliphatic rings. The van der Waals surface area contributed by atoms with Crippen molar-refractivity contribution in [1.29, 1.82) is 0 Å². The Labute approximate surface area is 249 Å². The van der Waals surface area contributed by atoms with Crippen LogP contribution in [0.15, 0.2) is 35.2 Å². The first-order valence-electron chi connectivity index (χ1n) is 14.9. The number of ether oxygens (including phenoxy) is 6. The number of carbonyl (C=O) groups excluding carboxylic acids is 4. The van der Waals surface area contributed by atoms with E-state index in [9.17, 15) is 19.2 Å². The van der Waals surface area contributed by atoms with Gasteiger partial charge in [-0.3, -0.25) is 9.59 Å². The van der Waals surface area contributed by atoms with E-state index in [2.05, 4.69) is 6.92 Å². The second kappa shape index (κ2) is 8.50. The van der Waals surface area contributed by atoms with E-state index in [0.29, 0.717) is 24.8 Å². The molecule has 0 amide bonds. The molecule has 0 unspecified atom stereocenters. The van der Waals surface area contributed by atoms with E-state index >= 15 is 0 Å². The van der Waals surface area contributed by atoms with Crippen LogP contribution < -0.4 is 0 Å². The quantitative estimate of drug-likeness (QED) is 0.213. The highest BCUT2D eigenvalue weighted by Gasteiger charge is 2.95. The molecule has 1 aromatic heterocycles. The molecule has 43 heavy (non-hydrogen) atoms. The topological polar surface area (TPSA) is 140 Å². The molecule has 7 rings (SSSR count). The van der Waals surface area contributed by atoms with E-state index in [0.717, 1.165) is 0 Å². The Balaban J connectivity index is 1.46. The standard InChI is InChI=1S/C32H38O11/c1-16(33)39-21-22-27(3,4)43-30(12-9-20(35)37-7)15-31(22,30)19-8-11-28(5)23(18-10-13-38-14-18)41-26(36)25-32(28,42-25)29(19,6)24(21)40-17(2)34/h9-10,12-14,19,21-25H,8,11,15H2,1-7H3/b12-9-/t19-,21+,22+,23-,24-,25+,28-,29-,30-,31+,32+/m0/s1. The fourth-order valence-electron chi connectivity index (χ4n) is 10.8. The zero-order chi connectivity index (χ0) is 31.0. The molecule has 1 aromatic rings. The molecule has 11 atom stereocenters. The molecule has 6 fully saturated rings. The summed E-state index contributed by atoms with van der Waals surface area (Å²) in [4.78, 5) is 51.5. The van der Waals surface area contributed by atoms with Gasteiger partial charge in [0.2, 0.25) is 0 Å². The lowest BCUT2D eigenvalue weighted by atomic mass is 9.39. The first-order chi connectivity index (χ1) is 20.1. The highest BCUT2D eigenvalue weighted by molar-refractivity contribution is 5.83. The lowest BCUT2D eigenvalue weighted by Crippen LogP contribution is -2.74. The molecule has 0 N–H and O–H groups in total. The maximum atomic E-state index is 13.6. The van der Waals surface area contributed by atoms with Gasteiger partial charge in [-0.15, -0.1) is 0 Å². The Morgan fingerprint density at radius 3 is 2.40 bits per heavy atom. The number of esters is 4. The molecule has 2 spiro atoms. The van der Waals surface area contributed by atoms with Gasteiger partial charge < -0.3 is 32.8 Å². The molecule has 11 heteroatoms. The third-order valence-electron chi connectivity index (χ3n) is 11.9. The first kappa shape index (κ1) is 28.6. The molecule has 0 aromatic carbocycles. The van der Waals surface area contributed by atoms with Gasteiger partial charge in [-0.2, -0.15) is 0 Å². The number of cyclic esters (lactones) is 1. The van der Waals surface area contributed by atoms with E-state index in [1.165, 1.54) is 27.0 Å². The predicted molar refractivity (Wildman–Crippen MR) is 145 cm³/mol. The van der Waals surface area contributed by atoms with Gasteiger partial charge in [-0.1, -0.05) is 13.8 Å². The maximum Gasteiger partial charge on any atom is 0.339 e. The summed E-state index contributed by atoms with van der Waals surface area (Å²) in [6, 6.07) is 1.78. The van der Waals surface area contributed by atoms with Gasteiger partial charge in [0.25, 0.3) is 0 Å². The molecule has 4 heterocycles. The number of hydrogen-bond donors (Lipinski definition) is 0. The summed E-state index contributed by atoms with van der Waals surface area (Å²) in [6.45, 7) is 10.6. The number of hydrogen-bond acceptors (Lipinski definition) is 11. The smallest absolute Gasteiger partial charge is 0.339 e. The van der Waals surface area contributed by atoms with Crippen molar-refractivity contribution in [1.82, 2.24) is 0 Å². The summed E-state index contributed by atoms with van der Waals surface area (Å²) in [5, 5.41) is 0. The maximum absolute atomic E-state index is 13.6. The number of furan rings is 1. The van der Waals surface area contributed by atoms with Gasteiger partial charge in [-0.05, 0) is 51.2 Å². The highest BCUT2D eigenvalue weighted by atomic mass is 16.7. The lowest BCUT2D eigenvalue weighted by Gasteiger charge is -2.66. The predicted octanol–water partition coefficient (Wildman–Crippen LogP) is 3.60. The SMILES string of the molecule is COC(=O)/C=C\[C@]12C[C@@]13[C@H]([C@@H](OC(C)=O)[C@H](OC(C)=O)[C@]1(C)[C@@H]3CC[C@@]3(C)[C@H](c4ccoc4)OC(=O)[C@H]4O[C@@]413)C(C)(C)O2. The molecular formula is C32H38O11. The van der Waals surface area contributed by atoms with Crippen LogP contribution in [0.1, 0.15) is 72.5 Å². The van der Waals surface area contributed by atoms with Crippen LogP contribution in [0.3, 0.4) is 0 Å². The average Bonchev–Trinajstić information content (AvgIpc) is 3.71. The van der Waals surface area contributed by atoms with E-state index in [-0.39, 0.29) is 5.92 Å². The molecule has 232 valence electrons. The van der Waals surface area contributed by atoms with Crippen molar-refractivity contribution in [3.8, 4) is 0 Å². The lowest BCUT2D eigenvalue weighted by molar-refractivity contribution is -0.273. The third kappa shape index (κ3) is 3.22. The van der Waals surface area contributed by atoms with Crippen LogP contribution in [0.4, 0.5) is 0 Å². The zero-order valence-corrected chi connectivity index (χ0v) is 25.5. The fraction of sp³-hybridized carbons (Fsp3) is 0.688. The Hall–Kier alpha value is -3.18. The Kier molecular flexibility index (Phi) is 5.65. The monoisotopic (exact) mass is 598 g/mol. The second-order valence-electron chi connectivity index (χ2n) is 14.1. The van der Waals surface area contributed by atoms with Crippen molar-refractivity contribution in [3.05, 3.63) is 36.3 Å². The Bertz CT molecular complexity index is 1450. The number of methoxy groups -OCH3 is 1. The molecule has 0 radical (unpaired) electrons. The summed E-state index contributed by atoms with van der Waals surface area (Å²) in [5.41, 5.74) is -4.49. The highest BCUT2D eigenvalue weighted by Crippen LogP contribution is 2.87. The fourth-order valence-corrected chi connectivity index (χ4v) is 10.8. The minimum Gasteiger partial charge on any atom is -0.472 e. The van der Waals surface area contributed by atoms with Gasteiger partial charge in [0.15, 0.2) is 6.10 Å². The Morgan fingerprint density at radius 2 is 1.77 bits per heavy atom.